The molecule has 0 heterocycles. The van der Waals surface area contributed by atoms with Crippen molar-refractivity contribution >= 4 is 34.9 Å². The van der Waals surface area contributed by atoms with Crippen LogP contribution in [0.3, 0.4) is 0 Å². The van der Waals surface area contributed by atoms with Crippen LogP contribution in [0.1, 0.15) is 37.4 Å². The summed E-state index contributed by atoms with van der Waals surface area (Å²) in [5, 5.41) is 13.1. The van der Waals surface area contributed by atoms with Crippen LogP contribution in [-0.4, -0.2) is 35.7 Å². The summed E-state index contributed by atoms with van der Waals surface area (Å²) < 4.78 is 4.92. The molecule has 8 nitrogen and oxygen atoms in total. The van der Waals surface area contributed by atoms with Gasteiger partial charge in [0, 0.05) is 17.2 Å². The molecule has 0 saturated heterocycles. The van der Waals surface area contributed by atoms with Crippen molar-refractivity contribution in [3.8, 4) is 0 Å². The molecule has 9 heteroatoms. The van der Waals surface area contributed by atoms with Gasteiger partial charge in [0.15, 0.2) is 6.61 Å². The Labute approximate surface area is 172 Å². The Balaban J connectivity index is 1.91. The predicted octanol–water partition coefficient (Wildman–Crippen LogP) is 3.33. The number of nitro benzene ring substituents is 1. The monoisotopic (exact) mass is 418 g/mol. The van der Waals surface area contributed by atoms with Crippen LogP contribution in [0.25, 0.3) is 0 Å². The maximum atomic E-state index is 12.3. The second-order valence-electron chi connectivity index (χ2n) is 6.44. The maximum absolute atomic E-state index is 12.3. The first-order valence-corrected chi connectivity index (χ1v) is 8.96. The summed E-state index contributed by atoms with van der Waals surface area (Å²) in [6, 6.07) is 7.15. The fourth-order valence-electron chi connectivity index (χ4n) is 2.58. The SMILES string of the molecule is Cc1cc(C)c(C(=O)COC(=O)CNC(=O)c2ccc(Cl)c([N+](=O)[O-])c2)cc1C. The molecule has 0 aliphatic heterocycles. The van der Waals surface area contributed by atoms with E-state index >= 15 is 0 Å². The van der Waals surface area contributed by atoms with E-state index in [2.05, 4.69) is 5.32 Å². The quantitative estimate of drug-likeness (QED) is 0.319. The predicted molar refractivity (Wildman–Crippen MR) is 106 cm³/mol. The molecule has 2 aromatic rings. The van der Waals surface area contributed by atoms with Gasteiger partial charge < -0.3 is 10.1 Å². The van der Waals surface area contributed by atoms with Gasteiger partial charge in [-0.25, -0.2) is 0 Å². The van der Waals surface area contributed by atoms with Crippen molar-refractivity contribution < 1.29 is 24.0 Å². The van der Waals surface area contributed by atoms with Gasteiger partial charge in [-0.2, -0.15) is 0 Å². The van der Waals surface area contributed by atoms with Gasteiger partial charge in [0.2, 0.25) is 5.78 Å². The summed E-state index contributed by atoms with van der Waals surface area (Å²) in [5.41, 5.74) is 2.81. The van der Waals surface area contributed by atoms with E-state index in [9.17, 15) is 24.5 Å². The van der Waals surface area contributed by atoms with Crippen LogP contribution < -0.4 is 5.32 Å². The summed E-state index contributed by atoms with van der Waals surface area (Å²) in [7, 11) is 0. The Bertz CT molecular complexity index is 1000. The van der Waals surface area contributed by atoms with E-state index in [0.717, 1.165) is 22.8 Å². The lowest BCUT2D eigenvalue weighted by Crippen LogP contribution is -2.31. The smallest absolute Gasteiger partial charge is 0.325 e. The van der Waals surface area contributed by atoms with Crippen molar-refractivity contribution in [3.05, 3.63) is 73.3 Å². The first-order valence-electron chi connectivity index (χ1n) is 8.59. The zero-order valence-corrected chi connectivity index (χ0v) is 16.8. The number of nitro groups is 1. The number of hydrogen-bond acceptors (Lipinski definition) is 6. The highest BCUT2D eigenvalue weighted by atomic mass is 35.5. The molecule has 2 rings (SSSR count). The van der Waals surface area contributed by atoms with E-state index in [-0.39, 0.29) is 16.4 Å². The molecule has 0 radical (unpaired) electrons. The molecule has 0 bridgehead atoms. The van der Waals surface area contributed by atoms with Gasteiger partial charge in [0.25, 0.3) is 11.6 Å². The minimum absolute atomic E-state index is 0.0317. The van der Waals surface area contributed by atoms with Gasteiger partial charge >= 0.3 is 5.97 Å². The van der Waals surface area contributed by atoms with Gasteiger partial charge in [-0.1, -0.05) is 17.7 Å². The number of rotatable bonds is 7. The standard InChI is InChI=1S/C20H19ClN2O6/c1-11-6-13(3)15(7-12(11)2)18(24)10-29-19(25)9-22-20(26)14-4-5-16(21)17(8-14)23(27)28/h4-8H,9-10H2,1-3H3,(H,22,26). The van der Waals surface area contributed by atoms with Crippen LogP contribution in [0.5, 0.6) is 0 Å². The molecular formula is C20H19ClN2O6. The second kappa shape index (κ2) is 9.29. The Morgan fingerprint density at radius 2 is 1.72 bits per heavy atom. The second-order valence-corrected chi connectivity index (χ2v) is 6.85. The van der Waals surface area contributed by atoms with Crippen molar-refractivity contribution in [2.75, 3.05) is 13.2 Å². The van der Waals surface area contributed by atoms with Gasteiger partial charge in [0.05, 0.1) is 4.92 Å². The number of esters is 1. The number of nitrogens with one attached hydrogen (secondary N) is 1. The normalized spacial score (nSPS) is 10.3. The molecule has 0 aromatic heterocycles. The summed E-state index contributed by atoms with van der Waals surface area (Å²) in [5.74, 6) is -1.87. The molecule has 1 N–H and O–H groups in total. The molecular weight excluding hydrogens is 400 g/mol. The Morgan fingerprint density at radius 3 is 2.38 bits per heavy atom. The summed E-state index contributed by atoms with van der Waals surface area (Å²) in [6.07, 6.45) is 0. The number of carbonyl (C=O) groups is 3. The van der Waals surface area contributed by atoms with Crippen molar-refractivity contribution in [1.82, 2.24) is 5.32 Å². The van der Waals surface area contributed by atoms with E-state index in [1.165, 1.54) is 12.1 Å². The number of Topliss-reactive ketones (excluding diaryl/α,β-unsaturated/α-hetero) is 1. The fourth-order valence-corrected chi connectivity index (χ4v) is 2.77. The minimum atomic E-state index is -0.809. The number of amides is 1. The average molecular weight is 419 g/mol. The zero-order chi connectivity index (χ0) is 21.7. The lowest BCUT2D eigenvalue weighted by atomic mass is 9.98. The van der Waals surface area contributed by atoms with Crippen LogP contribution in [0.2, 0.25) is 5.02 Å². The summed E-state index contributed by atoms with van der Waals surface area (Å²) >= 11 is 5.69. The number of ether oxygens (including phenoxy) is 1. The average Bonchev–Trinajstić information content (AvgIpc) is 2.67. The van der Waals surface area contributed by atoms with Crippen LogP contribution >= 0.6 is 11.6 Å². The number of hydrogen-bond donors (Lipinski definition) is 1. The van der Waals surface area contributed by atoms with Crippen molar-refractivity contribution in [1.29, 1.82) is 0 Å². The highest BCUT2D eigenvalue weighted by Crippen LogP contribution is 2.25. The van der Waals surface area contributed by atoms with E-state index in [0.29, 0.717) is 5.56 Å². The lowest BCUT2D eigenvalue weighted by Gasteiger charge is -2.10. The van der Waals surface area contributed by atoms with Crippen LogP contribution in [0.4, 0.5) is 5.69 Å². The largest absolute Gasteiger partial charge is 0.456 e. The van der Waals surface area contributed by atoms with Crippen LogP contribution in [0.15, 0.2) is 30.3 Å². The third-order valence-corrected chi connectivity index (χ3v) is 4.62. The van der Waals surface area contributed by atoms with Gasteiger partial charge in [-0.15, -0.1) is 0 Å². The molecule has 0 unspecified atom stereocenters. The Hall–Kier alpha value is -3.26. The number of benzene rings is 2. The topological polar surface area (TPSA) is 116 Å². The van der Waals surface area contributed by atoms with Crippen molar-refractivity contribution in [2.24, 2.45) is 0 Å². The molecule has 0 fully saturated rings. The number of aryl methyl sites for hydroxylation is 3. The first-order chi connectivity index (χ1) is 13.6. The highest BCUT2D eigenvalue weighted by molar-refractivity contribution is 6.32. The van der Waals surface area contributed by atoms with Crippen molar-refractivity contribution in [2.45, 2.75) is 20.8 Å². The molecule has 0 saturated carbocycles. The Morgan fingerprint density at radius 1 is 1.07 bits per heavy atom. The number of ketones is 1. The fraction of sp³-hybridized carbons (Fsp3) is 0.250. The van der Waals surface area contributed by atoms with Gasteiger partial charge in [-0.05, 0) is 55.7 Å². The summed E-state index contributed by atoms with van der Waals surface area (Å²) in [6.45, 7) is 4.68. The molecule has 0 aliphatic rings. The summed E-state index contributed by atoms with van der Waals surface area (Å²) in [4.78, 5) is 46.3. The third kappa shape index (κ3) is 5.61. The molecule has 0 atom stereocenters. The Kier molecular flexibility index (Phi) is 7.06. The van der Waals surface area contributed by atoms with E-state index in [1.54, 1.807) is 13.0 Å². The molecule has 1 amide bonds. The lowest BCUT2D eigenvalue weighted by molar-refractivity contribution is -0.384. The van der Waals surface area contributed by atoms with Crippen LogP contribution in [-0.2, 0) is 9.53 Å². The third-order valence-electron chi connectivity index (χ3n) is 4.30. The van der Waals surface area contributed by atoms with E-state index < -0.39 is 35.6 Å². The van der Waals surface area contributed by atoms with Crippen LogP contribution in [0, 0.1) is 30.9 Å². The minimum Gasteiger partial charge on any atom is -0.456 e. The molecule has 29 heavy (non-hydrogen) atoms. The first kappa shape index (κ1) is 22.0. The highest BCUT2D eigenvalue weighted by Gasteiger charge is 2.18. The van der Waals surface area contributed by atoms with Gasteiger partial charge in [-0.3, -0.25) is 24.5 Å². The zero-order valence-electron chi connectivity index (χ0n) is 16.1. The number of carbonyl (C=O) groups excluding carboxylic acids is 3. The van der Waals surface area contributed by atoms with E-state index in [1.807, 2.05) is 19.9 Å². The molecule has 0 spiro atoms. The number of nitrogens with zero attached hydrogens (tertiary/aromatic N) is 1. The van der Waals surface area contributed by atoms with E-state index in [4.69, 9.17) is 16.3 Å². The molecule has 0 aliphatic carbocycles. The molecule has 152 valence electrons. The van der Waals surface area contributed by atoms with Crippen molar-refractivity contribution in [3.63, 3.8) is 0 Å². The maximum Gasteiger partial charge on any atom is 0.325 e. The molecule has 2 aromatic carbocycles. The van der Waals surface area contributed by atoms with Gasteiger partial charge in [0.1, 0.15) is 11.6 Å². The number of halogens is 1.